The van der Waals surface area contributed by atoms with E-state index in [2.05, 4.69) is 133 Å². The van der Waals surface area contributed by atoms with Gasteiger partial charge in [-0.15, -0.1) is 0 Å². The molecule has 8 saturated carbocycles. The SMILES string of the molecule is C(=CCCCC1CCC(C(c2ccccc2)(c2ccccc2)C2C3CCCCC3C3CCCCC32)C1)CCCC1CCC(C(c2ccccc2)(c2ccccc2)C2C3CCCCC3C3CCCCC32)C1. The minimum Gasteiger partial charge on any atom is -0.0885 e. The Hall–Kier alpha value is -3.38. The van der Waals surface area contributed by atoms with Crippen LogP contribution in [-0.2, 0) is 10.8 Å². The van der Waals surface area contributed by atoms with Crippen LogP contribution in [0.3, 0.4) is 0 Å². The third-order valence-corrected chi connectivity index (χ3v) is 23.0. The number of benzene rings is 4. The van der Waals surface area contributed by atoms with Crippen LogP contribution in [-0.4, -0.2) is 0 Å². The van der Waals surface area contributed by atoms with E-state index in [1.807, 2.05) is 0 Å². The van der Waals surface area contributed by atoms with Crippen molar-refractivity contribution in [1.82, 2.24) is 0 Å². The zero-order valence-electron chi connectivity index (χ0n) is 43.6. The summed E-state index contributed by atoms with van der Waals surface area (Å²) in [5, 5.41) is 0. The van der Waals surface area contributed by atoms with Gasteiger partial charge in [0.1, 0.15) is 0 Å². The van der Waals surface area contributed by atoms with E-state index in [1.54, 1.807) is 22.3 Å². The maximum Gasteiger partial charge on any atom is 0.0264 e. The molecule has 0 aliphatic heterocycles. The number of allylic oxidation sites excluding steroid dienone is 2. The summed E-state index contributed by atoms with van der Waals surface area (Å²) in [5.41, 5.74) is 6.95. The van der Waals surface area contributed by atoms with Crippen LogP contribution in [0.2, 0.25) is 0 Å². The van der Waals surface area contributed by atoms with E-state index in [1.165, 1.54) is 180 Å². The van der Waals surface area contributed by atoms with E-state index in [4.69, 9.17) is 0 Å². The first-order valence-corrected chi connectivity index (χ1v) is 30.6. The molecule has 0 spiro atoms. The summed E-state index contributed by atoms with van der Waals surface area (Å²) in [6.07, 6.45) is 45.6. The molecule has 70 heavy (non-hydrogen) atoms. The summed E-state index contributed by atoms with van der Waals surface area (Å²) in [6, 6.07) is 48.9. The van der Waals surface area contributed by atoms with Crippen LogP contribution in [0.25, 0.3) is 0 Å². The van der Waals surface area contributed by atoms with Gasteiger partial charge < -0.3 is 0 Å². The fourth-order valence-electron chi connectivity index (χ4n) is 20.9. The zero-order valence-corrected chi connectivity index (χ0v) is 43.6. The average Bonchev–Trinajstić information content (AvgIpc) is 4.25. The van der Waals surface area contributed by atoms with E-state index in [0.29, 0.717) is 0 Å². The Morgan fingerprint density at radius 3 is 0.871 bits per heavy atom. The van der Waals surface area contributed by atoms with Crippen LogP contribution < -0.4 is 0 Å². The van der Waals surface area contributed by atoms with Crippen molar-refractivity contribution in [2.24, 2.45) is 82.9 Å². The third-order valence-electron chi connectivity index (χ3n) is 23.0. The monoisotopic (exact) mass is 933 g/mol. The summed E-state index contributed by atoms with van der Waals surface area (Å²) >= 11 is 0. The number of unbranched alkanes of at least 4 members (excludes halogenated alkanes) is 2. The van der Waals surface area contributed by atoms with Crippen LogP contribution in [0.15, 0.2) is 133 Å². The van der Waals surface area contributed by atoms with Crippen LogP contribution in [0, 0.1) is 82.9 Å². The predicted octanol–water partition coefficient (Wildman–Crippen LogP) is 19.2. The molecule has 4 aromatic carbocycles. The second-order valence-corrected chi connectivity index (χ2v) is 25.8. The Morgan fingerprint density at radius 2 is 0.586 bits per heavy atom. The molecule has 8 aliphatic carbocycles. The smallest absolute Gasteiger partial charge is 0.0264 e. The van der Waals surface area contributed by atoms with Crippen LogP contribution in [0.1, 0.15) is 202 Å². The van der Waals surface area contributed by atoms with Crippen molar-refractivity contribution in [3.63, 3.8) is 0 Å². The summed E-state index contributed by atoms with van der Waals surface area (Å²) < 4.78 is 0. The highest BCUT2D eigenvalue weighted by molar-refractivity contribution is 5.45. The van der Waals surface area contributed by atoms with Crippen molar-refractivity contribution >= 4 is 0 Å². The van der Waals surface area contributed by atoms with Crippen LogP contribution in [0.5, 0.6) is 0 Å². The van der Waals surface area contributed by atoms with Gasteiger partial charge in [-0.1, -0.05) is 211 Å². The molecule has 12 unspecified atom stereocenters. The topological polar surface area (TPSA) is 0 Å². The molecular formula is C70H92. The van der Waals surface area contributed by atoms with Gasteiger partial charge in [0.15, 0.2) is 0 Å². The molecule has 0 bridgehead atoms. The van der Waals surface area contributed by atoms with Gasteiger partial charge in [0, 0.05) is 10.8 Å². The Balaban J connectivity index is 0.697. The highest BCUT2D eigenvalue weighted by Crippen LogP contribution is 2.69. The Morgan fingerprint density at radius 1 is 0.314 bits per heavy atom. The van der Waals surface area contributed by atoms with Crippen LogP contribution in [0.4, 0.5) is 0 Å². The fourth-order valence-corrected chi connectivity index (χ4v) is 20.9. The van der Waals surface area contributed by atoms with Crippen molar-refractivity contribution in [2.45, 2.75) is 191 Å². The first kappa shape index (κ1) is 47.6. The molecule has 12 atom stereocenters. The predicted molar refractivity (Wildman–Crippen MR) is 295 cm³/mol. The first-order chi connectivity index (χ1) is 34.8. The molecule has 0 heteroatoms. The normalized spacial score (nSPS) is 35.3. The molecular weight excluding hydrogens is 841 g/mol. The minimum absolute atomic E-state index is 0.144. The molecule has 0 heterocycles. The lowest BCUT2D eigenvalue weighted by molar-refractivity contribution is 0.0946. The van der Waals surface area contributed by atoms with E-state index in [9.17, 15) is 0 Å². The minimum atomic E-state index is 0.144. The molecule has 0 aromatic heterocycles. The summed E-state index contributed by atoms with van der Waals surface area (Å²) in [6.45, 7) is 0. The van der Waals surface area contributed by atoms with E-state index < -0.39 is 0 Å². The van der Waals surface area contributed by atoms with Crippen molar-refractivity contribution in [3.05, 3.63) is 156 Å². The van der Waals surface area contributed by atoms with Gasteiger partial charge in [-0.25, -0.2) is 0 Å². The highest BCUT2D eigenvalue weighted by Gasteiger charge is 2.63. The van der Waals surface area contributed by atoms with Crippen LogP contribution >= 0.6 is 0 Å². The van der Waals surface area contributed by atoms with Crippen molar-refractivity contribution in [2.75, 3.05) is 0 Å². The molecule has 4 aromatic rings. The standard InChI is InChI=1S/C70H92/c1(3-9-27-51-45-47-57(49-51)69(53-29-11-5-12-30-53,54-31-13-6-14-32-54)67-63-41-23-19-37-59(63)60-38-20-24-42-64(60)67)2-4-10-28-52-46-48-58(50-52)70(55-33-15-7-16-34-55,56-35-17-8-18-36-56)68-65-43-25-21-39-61(65)62-40-22-26-44-66(62)68/h1-2,5-8,11-18,29-36,51-52,57-68H,3-4,9-10,19-28,37-50H2. The Labute approximate surface area is 427 Å². The maximum absolute atomic E-state index is 2.60. The number of hydrogen-bond acceptors (Lipinski definition) is 0. The quantitative estimate of drug-likeness (QED) is 0.0776. The first-order valence-electron chi connectivity index (χ1n) is 30.6. The maximum atomic E-state index is 2.60. The second kappa shape index (κ2) is 21.6. The number of fused-ring (bicyclic) bond motifs is 6. The van der Waals surface area contributed by atoms with E-state index >= 15 is 0 Å². The molecule has 12 rings (SSSR count). The number of hydrogen-bond donors (Lipinski definition) is 0. The summed E-state index contributed by atoms with van der Waals surface area (Å²) in [5.74, 6) is 12.4. The molecule has 8 fully saturated rings. The lowest BCUT2D eigenvalue weighted by atomic mass is 9.52. The zero-order chi connectivity index (χ0) is 46.7. The molecule has 372 valence electrons. The highest BCUT2D eigenvalue weighted by atomic mass is 14.7. The molecule has 0 radical (unpaired) electrons. The van der Waals surface area contributed by atoms with Gasteiger partial charge in [-0.3, -0.25) is 0 Å². The number of rotatable bonds is 16. The van der Waals surface area contributed by atoms with E-state index in [-0.39, 0.29) is 10.8 Å². The van der Waals surface area contributed by atoms with Gasteiger partial charge in [0.25, 0.3) is 0 Å². The Bertz CT molecular complexity index is 1970. The average molecular weight is 934 g/mol. The summed E-state index contributed by atoms with van der Waals surface area (Å²) in [4.78, 5) is 0. The summed E-state index contributed by atoms with van der Waals surface area (Å²) in [7, 11) is 0. The van der Waals surface area contributed by atoms with Gasteiger partial charge >= 0.3 is 0 Å². The lowest BCUT2D eigenvalue weighted by Crippen LogP contribution is -2.48. The molecule has 0 nitrogen and oxygen atoms in total. The lowest BCUT2D eigenvalue weighted by Gasteiger charge is -2.51. The van der Waals surface area contributed by atoms with Crippen molar-refractivity contribution in [3.8, 4) is 0 Å². The Kier molecular flexibility index (Phi) is 14.7. The fraction of sp³-hybridized carbons (Fsp3) is 0.629. The van der Waals surface area contributed by atoms with Crippen molar-refractivity contribution < 1.29 is 0 Å². The molecule has 0 N–H and O–H groups in total. The van der Waals surface area contributed by atoms with Gasteiger partial charge in [0.2, 0.25) is 0 Å². The molecule has 0 amide bonds. The molecule has 0 saturated heterocycles. The van der Waals surface area contributed by atoms with Gasteiger partial charge in [0.05, 0.1) is 0 Å². The van der Waals surface area contributed by atoms with Gasteiger partial charge in [-0.2, -0.15) is 0 Å². The van der Waals surface area contributed by atoms with E-state index in [0.717, 1.165) is 82.9 Å². The second-order valence-electron chi connectivity index (χ2n) is 25.8. The van der Waals surface area contributed by atoms with Gasteiger partial charge in [-0.05, 0) is 208 Å². The van der Waals surface area contributed by atoms with Crippen molar-refractivity contribution in [1.29, 1.82) is 0 Å². The largest absolute Gasteiger partial charge is 0.0885 e. The third kappa shape index (κ3) is 8.68. The molecule has 8 aliphatic rings.